The van der Waals surface area contributed by atoms with Crippen molar-refractivity contribution in [2.24, 2.45) is 0 Å². The summed E-state index contributed by atoms with van der Waals surface area (Å²) in [5, 5.41) is 21.9. The fourth-order valence-corrected chi connectivity index (χ4v) is 1.98. The largest absolute Gasteiger partial charge is 0.378 e. The van der Waals surface area contributed by atoms with Gasteiger partial charge in [0.1, 0.15) is 17.8 Å². The van der Waals surface area contributed by atoms with E-state index in [0.29, 0.717) is 24.7 Å². The molecule has 7 nitrogen and oxygen atoms in total. The maximum atomic E-state index is 10.9. The molecule has 0 spiro atoms. The number of nitro benzene ring substituents is 1. The van der Waals surface area contributed by atoms with Crippen LogP contribution in [0.3, 0.4) is 0 Å². The van der Waals surface area contributed by atoms with E-state index in [1.54, 1.807) is 24.5 Å². The van der Waals surface area contributed by atoms with E-state index in [9.17, 15) is 10.1 Å². The molecule has 0 amide bonds. The van der Waals surface area contributed by atoms with E-state index in [-0.39, 0.29) is 10.6 Å². The first-order valence-corrected chi connectivity index (χ1v) is 6.44. The number of para-hydroxylation sites is 2. The Morgan fingerprint density at radius 2 is 2.15 bits per heavy atom. The predicted molar refractivity (Wildman–Crippen MR) is 75.7 cm³/mol. The Bertz CT molecular complexity index is 594. The van der Waals surface area contributed by atoms with Gasteiger partial charge < -0.3 is 9.88 Å². The minimum Gasteiger partial charge on any atom is -0.378 e. The molecule has 1 aromatic heterocycles. The van der Waals surface area contributed by atoms with Gasteiger partial charge in [-0.2, -0.15) is 0 Å². The number of nitro groups is 1. The van der Waals surface area contributed by atoms with Gasteiger partial charge in [0.15, 0.2) is 0 Å². The van der Waals surface area contributed by atoms with Crippen LogP contribution in [-0.2, 0) is 6.54 Å². The second-order valence-electron chi connectivity index (χ2n) is 4.74. The lowest BCUT2D eigenvalue weighted by Gasteiger charge is -2.10. The maximum absolute atomic E-state index is 10.9. The Labute approximate surface area is 116 Å². The summed E-state index contributed by atoms with van der Waals surface area (Å²) in [7, 11) is 0. The maximum Gasteiger partial charge on any atom is 0.292 e. The van der Waals surface area contributed by atoms with Crippen LogP contribution in [0.15, 0.2) is 30.6 Å². The van der Waals surface area contributed by atoms with Crippen molar-refractivity contribution in [3.63, 3.8) is 0 Å². The Hall–Kier alpha value is -2.44. The third-order valence-corrected chi connectivity index (χ3v) is 2.93. The molecule has 0 aliphatic carbocycles. The van der Waals surface area contributed by atoms with E-state index in [2.05, 4.69) is 29.4 Å². The zero-order chi connectivity index (χ0) is 14.5. The molecule has 1 aromatic carbocycles. The highest BCUT2D eigenvalue weighted by Gasteiger charge is 2.12. The summed E-state index contributed by atoms with van der Waals surface area (Å²) in [6.07, 6.45) is 1.68. The van der Waals surface area contributed by atoms with Crippen molar-refractivity contribution in [3.05, 3.63) is 46.5 Å². The fraction of sp³-hybridized carbons (Fsp3) is 0.385. The van der Waals surface area contributed by atoms with Crippen LogP contribution in [0.1, 0.15) is 25.6 Å². The SMILES string of the molecule is CC(C)c1nncn1CCNc1ccccc1[N+](=O)[O-]. The molecule has 7 heteroatoms. The minimum absolute atomic E-state index is 0.0836. The first-order chi connectivity index (χ1) is 9.59. The molecule has 0 atom stereocenters. The molecule has 0 saturated carbocycles. The Balaban J connectivity index is 2.00. The van der Waals surface area contributed by atoms with Gasteiger partial charge in [0.25, 0.3) is 5.69 Å². The molecule has 0 bridgehead atoms. The van der Waals surface area contributed by atoms with Crippen molar-refractivity contribution >= 4 is 11.4 Å². The normalized spacial score (nSPS) is 10.8. The second kappa shape index (κ2) is 6.14. The van der Waals surface area contributed by atoms with Crippen molar-refractivity contribution in [2.45, 2.75) is 26.3 Å². The molecule has 1 N–H and O–H groups in total. The summed E-state index contributed by atoms with van der Waals surface area (Å²) in [5.41, 5.74) is 0.608. The van der Waals surface area contributed by atoms with Gasteiger partial charge in [-0.3, -0.25) is 10.1 Å². The van der Waals surface area contributed by atoms with Gasteiger partial charge >= 0.3 is 0 Å². The topological polar surface area (TPSA) is 85.9 Å². The van der Waals surface area contributed by atoms with E-state index in [1.165, 1.54) is 6.07 Å². The number of anilines is 1. The number of hydrogen-bond acceptors (Lipinski definition) is 5. The van der Waals surface area contributed by atoms with Crippen molar-refractivity contribution < 1.29 is 4.92 Å². The van der Waals surface area contributed by atoms with Crippen LogP contribution in [0.4, 0.5) is 11.4 Å². The first-order valence-electron chi connectivity index (χ1n) is 6.44. The van der Waals surface area contributed by atoms with Crippen LogP contribution in [0.2, 0.25) is 0 Å². The van der Waals surface area contributed by atoms with E-state index in [1.807, 2.05) is 4.57 Å². The van der Waals surface area contributed by atoms with Gasteiger partial charge in [-0.05, 0) is 6.07 Å². The van der Waals surface area contributed by atoms with Crippen molar-refractivity contribution in [3.8, 4) is 0 Å². The molecule has 0 saturated heterocycles. The molecule has 0 aliphatic rings. The summed E-state index contributed by atoms with van der Waals surface area (Å²) >= 11 is 0. The van der Waals surface area contributed by atoms with Crippen LogP contribution in [0.5, 0.6) is 0 Å². The smallest absolute Gasteiger partial charge is 0.292 e. The quantitative estimate of drug-likeness (QED) is 0.646. The molecule has 1 heterocycles. The lowest BCUT2D eigenvalue weighted by Crippen LogP contribution is -2.13. The third kappa shape index (κ3) is 3.11. The van der Waals surface area contributed by atoms with Crippen LogP contribution in [0, 0.1) is 10.1 Å². The highest BCUT2D eigenvalue weighted by atomic mass is 16.6. The standard InChI is InChI=1S/C13H17N5O2/c1-10(2)13-16-15-9-17(13)8-7-14-11-5-3-4-6-12(11)18(19)20/h3-6,9-10,14H,7-8H2,1-2H3. The molecule has 0 aliphatic heterocycles. The summed E-state index contributed by atoms with van der Waals surface area (Å²) < 4.78 is 1.95. The summed E-state index contributed by atoms with van der Waals surface area (Å²) in [5.74, 6) is 1.21. The number of benzene rings is 1. The van der Waals surface area contributed by atoms with Crippen LogP contribution in [0.25, 0.3) is 0 Å². The van der Waals surface area contributed by atoms with Gasteiger partial charge in [0, 0.05) is 25.1 Å². The molecular weight excluding hydrogens is 258 g/mol. The zero-order valence-electron chi connectivity index (χ0n) is 11.5. The molecule has 2 aromatic rings. The van der Waals surface area contributed by atoms with Crippen molar-refractivity contribution in [1.29, 1.82) is 0 Å². The molecule has 0 radical (unpaired) electrons. The average molecular weight is 275 g/mol. The van der Waals surface area contributed by atoms with Crippen molar-refractivity contribution in [1.82, 2.24) is 14.8 Å². The number of hydrogen-bond donors (Lipinski definition) is 1. The molecule has 20 heavy (non-hydrogen) atoms. The molecule has 2 rings (SSSR count). The van der Waals surface area contributed by atoms with E-state index < -0.39 is 0 Å². The molecule has 0 unspecified atom stereocenters. The number of nitrogens with one attached hydrogen (secondary N) is 1. The summed E-state index contributed by atoms with van der Waals surface area (Å²) in [4.78, 5) is 10.5. The van der Waals surface area contributed by atoms with Gasteiger partial charge in [-0.15, -0.1) is 10.2 Å². The first kappa shape index (κ1) is 14.0. The van der Waals surface area contributed by atoms with E-state index in [0.717, 1.165) is 5.82 Å². The number of nitrogens with zero attached hydrogens (tertiary/aromatic N) is 4. The van der Waals surface area contributed by atoms with Crippen LogP contribution in [-0.4, -0.2) is 26.2 Å². The van der Waals surface area contributed by atoms with Gasteiger partial charge in [-0.1, -0.05) is 26.0 Å². The molecule has 106 valence electrons. The van der Waals surface area contributed by atoms with Gasteiger partial charge in [0.05, 0.1) is 4.92 Å². The number of rotatable bonds is 6. The Morgan fingerprint density at radius 3 is 2.85 bits per heavy atom. The van der Waals surface area contributed by atoms with Gasteiger partial charge in [0.2, 0.25) is 0 Å². The lowest BCUT2D eigenvalue weighted by molar-refractivity contribution is -0.384. The van der Waals surface area contributed by atoms with Crippen molar-refractivity contribution in [2.75, 3.05) is 11.9 Å². The zero-order valence-corrected chi connectivity index (χ0v) is 11.5. The average Bonchev–Trinajstić information content (AvgIpc) is 2.87. The second-order valence-corrected chi connectivity index (χ2v) is 4.74. The third-order valence-electron chi connectivity index (χ3n) is 2.93. The fourth-order valence-electron chi connectivity index (χ4n) is 1.98. The minimum atomic E-state index is -0.388. The summed E-state index contributed by atoms with van der Waals surface area (Å²) in [6.45, 7) is 5.33. The lowest BCUT2D eigenvalue weighted by atomic mass is 10.2. The molecular formula is C13H17N5O2. The number of aromatic nitrogens is 3. The highest BCUT2D eigenvalue weighted by Crippen LogP contribution is 2.22. The predicted octanol–water partition coefficient (Wildman–Crippen LogP) is 2.42. The monoisotopic (exact) mass is 275 g/mol. The van der Waals surface area contributed by atoms with E-state index in [4.69, 9.17) is 0 Å². The highest BCUT2D eigenvalue weighted by molar-refractivity contribution is 5.60. The van der Waals surface area contributed by atoms with Gasteiger partial charge in [-0.25, -0.2) is 0 Å². The Kier molecular flexibility index (Phi) is 4.29. The van der Waals surface area contributed by atoms with Crippen LogP contribution < -0.4 is 5.32 Å². The molecule has 0 fully saturated rings. The van der Waals surface area contributed by atoms with E-state index >= 15 is 0 Å². The van der Waals surface area contributed by atoms with Crippen LogP contribution >= 0.6 is 0 Å². The summed E-state index contributed by atoms with van der Waals surface area (Å²) in [6, 6.07) is 6.61. The Morgan fingerprint density at radius 1 is 1.40 bits per heavy atom.